The number of carbonyl (C=O) groups excluding carboxylic acids is 1. The first-order chi connectivity index (χ1) is 11.2. The number of anilines is 1. The Balaban J connectivity index is 2.07. The van der Waals surface area contributed by atoms with E-state index in [-0.39, 0.29) is 11.7 Å². The van der Waals surface area contributed by atoms with E-state index >= 15 is 0 Å². The predicted molar refractivity (Wildman–Crippen MR) is 89.6 cm³/mol. The smallest absolute Gasteiger partial charge is 0.258 e. The molecule has 0 fully saturated rings. The largest absolute Gasteiger partial charge is 0.509 e. The summed E-state index contributed by atoms with van der Waals surface area (Å²) in [4.78, 5) is 14.4. The van der Waals surface area contributed by atoms with Gasteiger partial charge in [0.05, 0.1) is 12.7 Å². The number of aliphatic hydroxyl groups is 1. The standard InChI is InChI=1S/C19H19NO3/c1-3-16-18(21)17(13-7-5-4-6-8-13)20(19(16)22)14-9-11-15(23-2)12-10-14/h4-12,17,21H,3H2,1-2H3/t17-/m1/s1. The van der Waals surface area contributed by atoms with Crippen LogP contribution in [0.15, 0.2) is 65.9 Å². The van der Waals surface area contributed by atoms with E-state index in [0.717, 1.165) is 17.0 Å². The van der Waals surface area contributed by atoms with E-state index in [1.165, 1.54) is 0 Å². The van der Waals surface area contributed by atoms with Gasteiger partial charge in [0.25, 0.3) is 5.91 Å². The Morgan fingerprint density at radius 1 is 1.09 bits per heavy atom. The maximum Gasteiger partial charge on any atom is 0.258 e. The molecule has 0 aliphatic carbocycles. The number of hydrogen-bond donors (Lipinski definition) is 1. The molecule has 2 aromatic carbocycles. The zero-order valence-corrected chi connectivity index (χ0v) is 13.2. The molecule has 2 aromatic rings. The van der Waals surface area contributed by atoms with Gasteiger partial charge in [-0.25, -0.2) is 0 Å². The van der Waals surface area contributed by atoms with Crippen LogP contribution in [0.3, 0.4) is 0 Å². The molecule has 1 heterocycles. The van der Waals surface area contributed by atoms with Crippen LogP contribution in [0.25, 0.3) is 0 Å². The lowest BCUT2D eigenvalue weighted by atomic mass is 10.0. The van der Waals surface area contributed by atoms with Crippen LogP contribution >= 0.6 is 0 Å². The summed E-state index contributed by atoms with van der Waals surface area (Å²) >= 11 is 0. The Morgan fingerprint density at radius 2 is 1.74 bits per heavy atom. The highest BCUT2D eigenvalue weighted by Crippen LogP contribution is 2.40. The minimum atomic E-state index is -0.480. The number of amides is 1. The van der Waals surface area contributed by atoms with Gasteiger partial charge in [0.1, 0.15) is 17.6 Å². The van der Waals surface area contributed by atoms with Crippen molar-refractivity contribution >= 4 is 11.6 Å². The first-order valence-corrected chi connectivity index (χ1v) is 7.62. The highest BCUT2D eigenvalue weighted by atomic mass is 16.5. The van der Waals surface area contributed by atoms with Gasteiger partial charge in [-0.1, -0.05) is 37.3 Å². The Labute approximate surface area is 135 Å². The zero-order chi connectivity index (χ0) is 16.4. The van der Waals surface area contributed by atoms with Crippen molar-refractivity contribution in [2.24, 2.45) is 0 Å². The fraction of sp³-hybridized carbons (Fsp3) is 0.211. The molecule has 0 saturated heterocycles. The molecule has 0 saturated carbocycles. The summed E-state index contributed by atoms with van der Waals surface area (Å²) in [6.45, 7) is 1.88. The predicted octanol–water partition coefficient (Wildman–Crippen LogP) is 4.01. The van der Waals surface area contributed by atoms with E-state index in [1.807, 2.05) is 61.5 Å². The fourth-order valence-electron chi connectivity index (χ4n) is 2.94. The molecule has 0 radical (unpaired) electrons. The van der Waals surface area contributed by atoms with Crippen molar-refractivity contribution in [2.75, 3.05) is 12.0 Å². The fourth-order valence-corrected chi connectivity index (χ4v) is 2.94. The molecule has 4 nitrogen and oxygen atoms in total. The first kappa shape index (κ1) is 15.2. The molecule has 1 amide bonds. The summed E-state index contributed by atoms with van der Waals surface area (Å²) in [6.07, 6.45) is 0.501. The van der Waals surface area contributed by atoms with Crippen LogP contribution in [-0.4, -0.2) is 18.1 Å². The van der Waals surface area contributed by atoms with Gasteiger partial charge in [-0.2, -0.15) is 0 Å². The van der Waals surface area contributed by atoms with Crippen LogP contribution < -0.4 is 9.64 Å². The molecule has 1 aliphatic heterocycles. The van der Waals surface area contributed by atoms with Crippen molar-refractivity contribution in [3.05, 3.63) is 71.5 Å². The molecular formula is C19H19NO3. The van der Waals surface area contributed by atoms with Crippen molar-refractivity contribution in [1.82, 2.24) is 0 Å². The zero-order valence-electron chi connectivity index (χ0n) is 13.2. The number of hydrogen-bond acceptors (Lipinski definition) is 3. The number of rotatable bonds is 4. The van der Waals surface area contributed by atoms with Gasteiger partial charge in [-0.3, -0.25) is 9.69 Å². The van der Waals surface area contributed by atoms with Gasteiger partial charge < -0.3 is 9.84 Å². The van der Waals surface area contributed by atoms with Gasteiger partial charge in [0.2, 0.25) is 0 Å². The monoisotopic (exact) mass is 309 g/mol. The molecule has 0 unspecified atom stereocenters. The van der Waals surface area contributed by atoms with Gasteiger partial charge in [0.15, 0.2) is 0 Å². The lowest BCUT2D eigenvalue weighted by Crippen LogP contribution is -2.30. The Hall–Kier alpha value is -2.75. The van der Waals surface area contributed by atoms with E-state index < -0.39 is 6.04 Å². The van der Waals surface area contributed by atoms with Crippen LogP contribution in [-0.2, 0) is 4.79 Å². The molecule has 0 aromatic heterocycles. The van der Waals surface area contributed by atoms with Gasteiger partial charge >= 0.3 is 0 Å². The van der Waals surface area contributed by atoms with Crippen LogP contribution in [0.4, 0.5) is 5.69 Å². The normalized spacial score (nSPS) is 17.7. The lowest BCUT2D eigenvalue weighted by Gasteiger charge is -2.26. The summed E-state index contributed by atoms with van der Waals surface area (Å²) in [5.41, 5.74) is 2.09. The van der Waals surface area contributed by atoms with Gasteiger partial charge in [-0.05, 0) is 36.2 Å². The van der Waals surface area contributed by atoms with Crippen LogP contribution in [0.5, 0.6) is 5.75 Å². The average Bonchev–Trinajstić information content (AvgIpc) is 2.85. The Morgan fingerprint density at radius 3 is 2.30 bits per heavy atom. The summed E-state index contributed by atoms with van der Waals surface area (Å²) in [6, 6.07) is 16.4. The van der Waals surface area contributed by atoms with E-state index in [1.54, 1.807) is 12.0 Å². The van der Waals surface area contributed by atoms with Crippen LogP contribution in [0, 0.1) is 0 Å². The molecule has 3 rings (SSSR count). The second-order valence-corrected chi connectivity index (χ2v) is 5.40. The van der Waals surface area contributed by atoms with E-state index in [9.17, 15) is 9.90 Å². The lowest BCUT2D eigenvalue weighted by molar-refractivity contribution is -0.114. The molecule has 23 heavy (non-hydrogen) atoms. The molecule has 0 spiro atoms. The van der Waals surface area contributed by atoms with E-state index in [0.29, 0.717) is 12.0 Å². The number of methoxy groups -OCH3 is 1. The van der Waals surface area contributed by atoms with E-state index in [2.05, 4.69) is 0 Å². The Bertz CT molecular complexity index is 735. The quantitative estimate of drug-likeness (QED) is 0.928. The molecule has 118 valence electrons. The third-order valence-electron chi connectivity index (χ3n) is 4.12. The van der Waals surface area contributed by atoms with Crippen LogP contribution in [0.1, 0.15) is 24.9 Å². The van der Waals surface area contributed by atoms with Crippen molar-refractivity contribution in [2.45, 2.75) is 19.4 Å². The SMILES string of the molecule is CCC1=C(O)[C@@H](c2ccccc2)N(c2ccc(OC)cc2)C1=O. The highest BCUT2D eigenvalue weighted by Gasteiger charge is 2.40. The third-order valence-corrected chi connectivity index (χ3v) is 4.12. The first-order valence-electron chi connectivity index (χ1n) is 7.62. The minimum absolute atomic E-state index is 0.138. The Kier molecular flexibility index (Phi) is 4.06. The minimum Gasteiger partial charge on any atom is -0.509 e. The summed E-state index contributed by atoms with van der Waals surface area (Å²) < 4.78 is 5.17. The summed E-state index contributed by atoms with van der Waals surface area (Å²) in [5.74, 6) is 0.716. The number of carbonyl (C=O) groups is 1. The molecule has 1 N–H and O–H groups in total. The van der Waals surface area contributed by atoms with Crippen molar-refractivity contribution in [1.29, 1.82) is 0 Å². The summed E-state index contributed by atoms with van der Waals surface area (Å²) in [7, 11) is 1.60. The number of nitrogens with zero attached hydrogens (tertiary/aromatic N) is 1. The average molecular weight is 309 g/mol. The maximum absolute atomic E-state index is 12.8. The highest BCUT2D eigenvalue weighted by molar-refractivity contribution is 6.09. The van der Waals surface area contributed by atoms with Crippen molar-refractivity contribution < 1.29 is 14.6 Å². The van der Waals surface area contributed by atoms with Gasteiger partial charge in [0, 0.05) is 5.69 Å². The van der Waals surface area contributed by atoms with E-state index in [4.69, 9.17) is 4.74 Å². The number of benzene rings is 2. The van der Waals surface area contributed by atoms with Crippen LogP contribution in [0.2, 0.25) is 0 Å². The maximum atomic E-state index is 12.8. The topological polar surface area (TPSA) is 49.8 Å². The number of aliphatic hydroxyl groups excluding tert-OH is 1. The third kappa shape index (κ3) is 2.57. The molecule has 0 bridgehead atoms. The molecular weight excluding hydrogens is 290 g/mol. The second-order valence-electron chi connectivity index (χ2n) is 5.40. The summed E-state index contributed by atoms with van der Waals surface area (Å²) in [5, 5.41) is 10.6. The molecule has 4 heteroatoms. The second kappa shape index (κ2) is 6.16. The number of ether oxygens (including phenoxy) is 1. The van der Waals surface area contributed by atoms with Crippen molar-refractivity contribution in [3.8, 4) is 5.75 Å². The molecule has 1 aliphatic rings. The van der Waals surface area contributed by atoms with Crippen molar-refractivity contribution in [3.63, 3.8) is 0 Å². The molecule has 1 atom stereocenters. The van der Waals surface area contributed by atoms with Gasteiger partial charge in [-0.15, -0.1) is 0 Å².